The topological polar surface area (TPSA) is 77.8 Å². The van der Waals surface area contributed by atoms with Crippen molar-refractivity contribution in [3.63, 3.8) is 0 Å². The van der Waals surface area contributed by atoms with Crippen LogP contribution in [-0.4, -0.2) is 15.3 Å². The average Bonchev–Trinajstić information content (AvgIpc) is 2.75. The second-order valence-electron chi connectivity index (χ2n) is 3.24. The Morgan fingerprint density at radius 1 is 1.29 bits per heavy atom. The number of thiazole rings is 1. The number of rotatable bonds is 1. The van der Waals surface area contributed by atoms with Crippen LogP contribution in [0.2, 0.25) is 0 Å². The van der Waals surface area contributed by atoms with Gasteiger partial charge in [-0.1, -0.05) is 0 Å². The molecule has 2 aromatic heterocycles. The molecule has 0 spiro atoms. The van der Waals surface area contributed by atoms with Crippen LogP contribution in [-0.2, 0) is 12.8 Å². The first-order valence-electron chi connectivity index (χ1n) is 4.41. The van der Waals surface area contributed by atoms with Gasteiger partial charge in [-0.3, -0.25) is 0 Å². The summed E-state index contributed by atoms with van der Waals surface area (Å²) in [7, 11) is 0. The Morgan fingerprint density at radius 3 is 2.93 bits per heavy atom. The van der Waals surface area contributed by atoms with E-state index >= 15 is 0 Å². The van der Waals surface area contributed by atoms with Crippen molar-refractivity contribution in [1.82, 2.24) is 15.3 Å². The van der Waals surface area contributed by atoms with E-state index in [9.17, 15) is 0 Å². The summed E-state index contributed by atoms with van der Waals surface area (Å²) in [5.41, 5.74) is 7.35. The molecular weight excluding hydrogens is 200 g/mol. The second kappa shape index (κ2) is 2.78. The third kappa shape index (κ3) is 1.04. The van der Waals surface area contributed by atoms with E-state index in [4.69, 9.17) is 5.73 Å². The Bertz CT molecular complexity index is 454. The molecule has 0 saturated carbocycles. The third-order valence-electron chi connectivity index (χ3n) is 2.31. The number of nitrogens with two attached hydrogens (primary N) is 1. The van der Waals surface area contributed by atoms with Crippen molar-refractivity contribution in [2.24, 2.45) is 0 Å². The normalized spacial score (nSPS) is 14.6. The minimum atomic E-state index is 0.317. The maximum atomic E-state index is 5.59. The van der Waals surface area contributed by atoms with Crippen molar-refractivity contribution in [1.29, 1.82) is 0 Å². The van der Waals surface area contributed by atoms with E-state index in [0.29, 0.717) is 11.5 Å². The molecule has 0 aliphatic heterocycles. The minimum Gasteiger partial charge on any atom is -0.379 e. The molecule has 1 aliphatic rings. The summed E-state index contributed by atoms with van der Waals surface area (Å²) in [5.74, 6) is 0.317. The van der Waals surface area contributed by atoms with Gasteiger partial charge in [0.2, 0.25) is 0 Å². The number of fused-ring (bicyclic) bond motifs is 1. The molecule has 0 amide bonds. The van der Waals surface area contributed by atoms with Gasteiger partial charge >= 0.3 is 0 Å². The first kappa shape index (κ1) is 7.93. The van der Waals surface area contributed by atoms with E-state index in [0.717, 1.165) is 17.8 Å². The zero-order valence-electron chi connectivity index (χ0n) is 7.36. The van der Waals surface area contributed by atoms with Crippen molar-refractivity contribution in [2.75, 3.05) is 5.73 Å². The highest BCUT2D eigenvalue weighted by Crippen LogP contribution is 2.34. The van der Waals surface area contributed by atoms with Gasteiger partial charge in [-0.15, -0.1) is 11.3 Å². The van der Waals surface area contributed by atoms with Crippen LogP contribution in [0, 0.1) is 0 Å². The number of nitrogens with zero attached hydrogens (tertiary/aromatic N) is 3. The van der Waals surface area contributed by atoms with Crippen LogP contribution < -0.4 is 5.73 Å². The molecular formula is C8H8N4OS. The maximum absolute atomic E-state index is 5.59. The van der Waals surface area contributed by atoms with Crippen LogP contribution in [0.5, 0.6) is 0 Å². The number of hydrogen-bond acceptors (Lipinski definition) is 6. The fourth-order valence-corrected chi connectivity index (χ4v) is 2.78. The summed E-state index contributed by atoms with van der Waals surface area (Å²) in [6, 6.07) is 0. The van der Waals surface area contributed by atoms with Crippen molar-refractivity contribution in [2.45, 2.75) is 19.3 Å². The molecule has 3 rings (SSSR count). The highest BCUT2D eigenvalue weighted by atomic mass is 32.1. The number of anilines is 1. The highest BCUT2D eigenvalue weighted by Gasteiger charge is 2.20. The second-order valence-corrected chi connectivity index (χ2v) is 4.32. The predicted molar refractivity (Wildman–Crippen MR) is 51.8 cm³/mol. The molecule has 2 N–H and O–H groups in total. The van der Waals surface area contributed by atoms with Gasteiger partial charge in [0.25, 0.3) is 0 Å². The Balaban J connectivity index is 2.09. The van der Waals surface area contributed by atoms with E-state index in [-0.39, 0.29) is 0 Å². The smallest absolute Gasteiger partial charge is 0.198 e. The fourth-order valence-electron chi connectivity index (χ4n) is 1.64. The monoisotopic (exact) mass is 208 g/mol. The standard InChI is InChI=1S/C8H8N4OS/c9-7-6(11-13-12-7)8-10-4-2-1-3-5(4)14-8/h1-3H2,(H2,9,12). The fraction of sp³-hybridized carbons (Fsp3) is 0.375. The SMILES string of the molecule is Nc1nonc1-c1nc2c(s1)CCC2. The van der Waals surface area contributed by atoms with E-state index in [1.165, 1.54) is 17.0 Å². The molecule has 2 aromatic rings. The van der Waals surface area contributed by atoms with Crippen LogP contribution in [0.4, 0.5) is 5.82 Å². The van der Waals surface area contributed by atoms with Crippen LogP contribution >= 0.6 is 11.3 Å². The molecule has 72 valence electrons. The molecule has 5 nitrogen and oxygen atoms in total. The summed E-state index contributed by atoms with van der Waals surface area (Å²) in [5, 5.41) is 8.10. The number of aromatic nitrogens is 3. The number of aryl methyl sites for hydroxylation is 2. The summed E-state index contributed by atoms with van der Waals surface area (Å²) in [6.45, 7) is 0. The van der Waals surface area contributed by atoms with Gasteiger partial charge < -0.3 is 5.73 Å². The molecule has 0 bridgehead atoms. The molecule has 2 heterocycles. The van der Waals surface area contributed by atoms with E-state index in [1.54, 1.807) is 11.3 Å². The van der Waals surface area contributed by atoms with Crippen LogP contribution in [0.25, 0.3) is 10.7 Å². The Labute approximate surface area is 83.9 Å². The molecule has 0 radical (unpaired) electrons. The lowest BCUT2D eigenvalue weighted by Gasteiger charge is -1.88. The predicted octanol–water partition coefficient (Wildman–Crippen LogP) is 1.26. The Morgan fingerprint density at radius 2 is 2.21 bits per heavy atom. The Hall–Kier alpha value is -1.43. The summed E-state index contributed by atoms with van der Waals surface area (Å²) in [4.78, 5) is 5.82. The molecule has 0 unspecified atom stereocenters. The lowest BCUT2D eigenvalue weighted by atomic mass is 10.3. The van der Waals surface area contributed by atoms with Gasteiger partial charge in [0.1, 0.15) is 5.01 Å². The van der Waals surface area contributed by atoms with Crippen LogP contribution in [0.15, 0.2) is 4.63 Å². The molecule has 1 aliphatic carbocycles. The zero-order chi connectivity index (χ0) is 9.54. The van der Waals surface area contributed by atoms with Crippen LogP contribution in [0.1, 0.15) is 17.0 Å². The largest absolute Gasteiger partial charge is 0.379 e. The van der Waals surface area contributed by atoms with E-state index in [1.807, 2.05) is 0 Å². The van der Waals surface area contributed by atoms with Gasteiger partial charge in [0.15, 0.2) is 11.5 Å². The lowest BCUT2D eigenvalue weighted by molar-refractivity contribution is 0.310. The quantitative estimate of drug-likeness (QED) is 0.763. The Kier molecular flexibility index (Phi) is 1.57. The first-order valence-corrected chi connectivity index (χ1v) is 5.23. The van der Waals surface area contributed by atoms with Gasteiger partial charge in [-0.25, -0.2) is 9.61 Å². The van der Waals surface area contributed by atoms with Crippen LogP contribution in [0.3, 0.4) is 0 Å². The number of nitrogen functional groups attached to an aromatic ring is 1. The zero-order valence-corrected chi connectivity index (χ0v) is 8.17. The van der Waals surface area contributed by atoms with Crippen molar-refractivity contribution < 1.29 is 4.63 Å². The molecule has 0 atom stereocenters. The summed E-state index contributed by atoms with van der Waals surface area (Å²) in [6.07, 6.45) is 3.40. The molecule has 0 aromatic carbocycles. The lowest BCUT2D eigenvalue weighted by Crippen LogP contribution is -1.88. The number of hydrogen-bond donors (Lipinski definition) is 1. The molecule has 0 fully saturated rings. The third-order valence-corrected chi connectivity index (χ3v) is 3.48. The average molecular weight is 208 g/mol. The molecule has 0 saturated heterocycles. The molecule has 6 heteroatoms. The highest BCUT2D eigenvalue weighted by molar-refractivity contribution is 7.15. The summed E-state index contributed by atoms with van der Waals surface area (Å²) >= 11 is 1.64. The van der Waals surface area contributed by atoms with Gasteiger partial charge in [0.05, 0.1) is 5.69 Å². The van der Waals surface area contributed by atoms with Crippen molar-refractivity contribution >= 4 is 17.2 Å². The van der Waals surface area contributed by atoms with Crippen molar-refractivity contribution in [3.05, 3.63) is 10.6 Å². The van der Waals surface area contributed by atoms with E-state index < -0.39 is 0 Å². The first-order chi connectivity index (χ1) is 6.84. The summed E-state index contributed by atoms with van der Waals surface area (Å²) < 4.78 is 4.54. The van der Waals surface area contributed by atoms with Gasteiger partial charge in [-0.2, -0.15) is 0 Å². The van der Waals surface area contributed by atoms with E-state index in [2.05, 4.69) is 19.9 Å². The van der Waals surface area contributed by atoms with Crippen molar-refractivity contribution in [3.8, 4) is 10.7 Å². The minimum absolute atomic E-state index is 0.317. The maximum Gasteiger partial charge on any atom is 0.198 e. The van der Waals surface area contributed by atoms with Gasteiger partial charge in [-0.05, 0) is 29.6 Å². The van der Waals surface area contributed by atoms with Gasteiger partial charge in [0, 0.05) is 4.88 Å². The molecule has 14 heavy (non-hydrogen) atoms.